The number of hydrogen-bond donors (Lipinski definition) is 1. The van der Waals surface area contributed by atoms with Crippen LogP contribution in [-0.2, 0) is 4.79 Å². The van der Waals surface area contributed by atoms with E-state index in [4.69, 9.17) is 0 Å². The van der Waals surface area contributed by atoms with Gasteiger partial charge in [0.05, 0.1) is 0 Å². The number of hydrogen-bond acceptors (Lipinski definition) is 3. The Kier molecular flexibility index (Phi) is 6.49. The molecule has 0 radical (unpaired) electrons. The van der Waals surface area contributed by atoms with Gasteiger partial charge in [0.1, 0.15) is 0 Å². The monoisotopic (exact) mass is 295 g/mol. The molecule has 4 heteroatoms. The van der Waals surface area contributed by atoms with Crippen LogP contribution in [0.4, 0.5) is 0 Å². The van der Waals surface area contributed by atoms with E-state index in [1.807, 2.05) is 11.9 Å². The average molecular weight is 295 g/mol. The topological polar surface area (TPSA) is 35.6 Å². The van der Waals surface area contributed by atoms with Gasteiger partial charge in [-0.2, -0.15) is 0 Å². The normalized spacial score (nSPS) is 26.0. The van der Waals surface area contributed by atoms with Crippen LogP contribution in [-0.4, -0.2) is 61.5 Å². The van der Waals surface area contributed by atoms with Crippen LogP contribution in [0.5, 0.6) is 0 Å². The van der Waals surface area contributed by atoms with E-state index in [0.717, 1.165) is 38.5 Å². The minimum atomic E-state index is 0.337. The molecule has 122 valence electrons. The van der Waals surface area contributed by atoms with Crippen molar-refractivity contribution in [3.8, 4) is 0 Å². The van der Waals surface area contributed by atoms with E-state index in [9.17, 15) is 4.79 Å². The molecule has 21 heavy (non-hydrogen) atoms. The number of piperidine rings is 1. The van der Waals surface area contributed by atoms with Gasteiger partial charge in [-0.15, -0.1) is 0 Å². The molecule has 0 aromatic carbocycles. The fraction of sp³-hybridized carbons (Fsp3) is 0.941. The smallest absolute Gasteiger partial charge is 0.222 e. The third-order valence-electron chi connectivity index (χ3n) is 5.50. The first-order chi connectivity index (χ1) is 10.1. The fourth-order valence-electron chi connectivity index (χ4n) is 3.95. The quantitative estimate of drug-likeness (QED) is 0.813. The van der Waals surface area contributed by atoms with Crippen LogP contribution in [0.3, 0.4) is 0 Å². The average Bonchev–Trinajstić information content (AvgIpc) is 2.95. The Hall–Kier alpha value is -0.610. The fourth-order valence-corrected chi connectivity index (χ4v) is 3.95. The molecular weight excluding hydrogens is 262 g/mol. The Balaban J connectivity index is 1.76. The highest BCUT2D eigenvalue weighted by Gasteiger charge is 2.27. The molecular formula is C17H33N3O. The van der Waals surface area contributed by atoms with Crippen molar-refractivity contribution >= 4 is 5.91 Å². The Morgan fingerprint density at radius 1 is 1.33 bits per heavy atom. The highest BCUT2D eigenvalue weighted by Crippen LogP contribution is 2.25. The molecule has 2 heterocycles. The number of amides is 1. The first-order valence-corrected chi connectivity index (χ1v) is 8.80. The second-order valence-electron chi connectivity index (χ2n) is 6.97. The second kappa shape index (κ2) is 8.14. The zero-order valence-electron chi connectivity index (χ0n) is 14.1. The first kappa shape index (κ1) is 16.8. The van der Waals surface area contributed by atoms with Crippen molar-refractivity contribution in [3.63, 3.8) is 0 Å². The van der Waals surface area contributed by atoms with Crippen molar-refractivity contribution in [2.75, 3.05) is 39.8 Å². The van der Waals surface area contributed by atoms with Crippen LogP contribution in [0.1, 0.15) is 46.0 Å². The number of carbonyl (C=O) groups excluding carboxylic acids is 1. The molecule has 0 aliphatic carbocycles. The number of likely N-dealkylation sites (N-methyl/N-ethyl adjacent to an activating group) is 2. The summed E-state index contributed by atoms with van der Waals surface area (Å²) in [7, 11) is 1.99. The van der Waals surface area contributed by atoms with E-state index in [1.54, 1.807) is 0 Å². The number of nitrogens with zero attached hydrogens (tertiary/aromatic N) is 2. The van der Waals surface area contributed by atoms with Crippen LogP contribution in [0.25, 0.3) is 0 Å². The molecule has 0 saturated carbocycles. The molecule has 4 nitrogen and oxygen atoms in total. The lowest BCUT2D eigenvalue weighted by Gasteiger charge is -2.31. The molecule has 2 aliphatic heterocycles. The highest BCUT2D eigenvalue weighted by molar-refractivity contribution is 5.76. The minimum absolute atomic E-state index is 0.337. The third-order valence-corrected chi connectivity index (χ3v) is 5.50. The van der Waals surface area contributed by atoms with Crippen molar-refractivity contribution in [3.05, 3.63) is 0 Å². The van der Waals surface area contributed by atoms with E-state index in [2.05, 4.69) is 24.1 Å². The number of rotatable bonds is 6. The molecule has 0 spiro atoms. The summed E-state index contributed by atoms with van der Waals surface area (Å²) >= 11 is 0. The molecule has 2 fully saturated rings. The van der Waals surface area contributed by atoms with Crippen molar-refractivity contribution in [1.82, 2.24) is 15.1 Å². The largest absolute Gasteiger partial charge is 0.344 e. The summed E-state index contributed by atoms with van der Waals surface area (Å²) in [5, 5.41) is 3.40. The molecule has 2 unspecified atom stereocenters. The van der Waals surface area contributed by atoms with E-state index >= 15 is 0 Å². The standard InChI is InChI=1S/C17H33N3O/c1-4-20-11-5-6-16(20)13-19(3)17(21)12-14(2)15-7-9-18-10-8-15/h14-16,18H,4-13H2,1-3H3. The van der Waals surface area contributed by atoms with E-state index < -0.39 is 0 Å². The molecule has 2 atom stereocenters. The minimum Gasteiger partial charge on any atom is -0.344 e. The molecule has 0 aromatic heterocycles. The van der Waals surface area contributed by atoms with Gasteiger partial charge in [0.2, 0.25) is 5.91 Å². The third kappa shape index (κ3) is 4.68. The molecule has 1 N–H and O–H groups in total. The van der Waals surface area contributed by atoms with Gasteiger partial charge in [0, 0.05) is 26.1 Å². The van der Waals surface area contributed by atoms with Crippen molar-refractivity contribution < 1.29 is 4.79 Å². The highest BCUT2D eigenvalue weighted by atomic mass is 16.2. The van der Waals surface area contributed by atoms with Crippen LogP contribution >= 0.6 is 0 Å². The van der Waals surface area contributed by atoms with Crippen LogP contribution in [0.15, 0.2) is 0 Å². The molecule has 0 aromatic rings. The second-order valence-corrected chi connectivity index (χ2v) is 6.97. The summed E-state index contributed by atoms with van der Waals surface area (Å²) in [6.07, 6.45) is 5.70. The number of likely N-dealkylation sites (tertiary alicyclic amines) is 1. The van der Waals surface area contributed by atoms with Gasteiger partial charge in [0.25, 0.3) is 0 Å². The van der Waals surface area contributed by atoms with Crippen molar-refractivity contribution in [2.24, 2.45) is 11.8 Å². The first-order valence-electron chi connectivity index (χ1n) is 8.80. The maximum absolute atomic E-state index is 12.5. The van der Waals surface area contributed by atoms with Crippen LogP contribution in [0, 0.1) is 11.8 Å². The molecule has 0 bridgehead atoms. The van der Waals surface area contributed by atoms with Gasteiger partial charge in [-0.3, -0.25) is 9.69 Å². The summed E-state index contributed by atoms with van der Waals surface area (Å²) in [4.78, 5) is 17.0. The van der Waals surface area contributed by atoms with Gasteiger partial charge < -0.3 is 10.2 Å². The van der Waals surface area contributed by atoms with E-state index in [0.29, 0.717) is 17.9 Å². The maximum atomic E-state index is 12.5. The molecule has 2 rings (SSSR count). The van der Waals surface area contributed by atoms with Crippen LogP contribution < -0.4 is 5.32 Å². The summed E-state index contributed by atoms with van der Waals surface area (Å²) in [5.41, 5.74) is 0. The Labute approximate surface area is 130 Å². The Bertz CT molecular complexity index is 328. The van der Waals surface area contributed by atoms with Gasteiger partial charge in [-0.05, 0) is 63.7 Å². The lowest BCUT2D eigenvalue weighted by molar-refractivity contribution is -0.131. The Morgan fingerprint density at radius 3 is 2.71 bits per heavy atom. The van der Waals surface area contributed by atoms with Gasteiger partial charge in [-0.1, -0.05) is 13.8 Å². The molecule has 1 amide bonds. The zero-order chi connectivity index (χ0) is 15.2. The van der Waals surface area contributed by atoms with Crippen molar-refractivity contribution in [2.45, 2.75) is 52.0 Å². The summed E-state index contributed by atoms with van der Waals surface area (Å²) in [5.74, 6) is 1.58. The predicted molar refractivity (Wildman–Crippen MR) is 87.3 cm³/mol. The maximum Gasteiger partial charge on any atom is 0.222 e. The zero-order valence-corrected chi connectivity index (χ0v) is 14.1. The summed E-state index contributed by atoms with van der Waals surface area (Å²) in [6.45, 7) is 9.94. The van der Waals surface area contributed by atoms with Gasteiger partial charge in [-0.25, -0.2) is 0 Å². The molecule has 2 saturated heterocycles. The van der Waals surface area contributed by atoms with Crippen LogP contribution in [0.2, 0.25) is 0 Å². The molecule has 2 aliphatic rings. The number of nitrogens with one attached hydrogen (secondary N) is 1. The SMILES string of the molecule is CCN1CCCC1CN(C)C(=O)CC(C)C1CCNCC1. The summed E-state index contributed by atoms with van der Waals surface area (Å²) in [6, 6.07) is 0.582. The lowest BCUT2D eigenvalue weighted by Crippen LogP contribution is -2.42. The summed E-state index contributed by atoms with van der Waals surface area (Å²) < 4.78 is 0. The van der Waals surface area contributed by atoms with E-state index in [1.165, 1.54) is 32.2 Å². The van der Waals surface area contributed by atoms with Gasteiger partial charge in [0.15, 0.2) is 0 Å². The predicted octanol–water partition coefficient (Wildman–Crippen LogP) is 1.95. The van der Waals surface area contributed by atoms with E-state index in [-0.39, 0.29) is 0 Å². The number of carbonyl (C=O) groups is 1. The Morgan fingerprint density at radius 2 is 2.05 bits per heavy atom. The van der Waals surface area contributed by atoms with Crippen molar-refractivity contribution in [1.29, 1.82) is 0 Å². The van der Waals surface area contributed by atoms with Gasteiger partial charge >= 0.3 is 0 Å². The lowest BCUT2D eigenvalue weighted by atomic mass is 9.84.